The van der Waals surface area contributed by atoms with E-state index >= 15 is 0 Å². The minimum Gasteiger partial charge on any atom is -0.344 e. The molecule has 0 saturated carbocycles. The quantitative estimate of drug-likeness (QED) is 0.852. The maximum atomic E-state index is 11.5. The maximum absolute atomic E-state index is 11.5. The first-order chi connectivity index (χ1) is 9.77. The van der Waals surface area contributed by atoms with Gasteiger partial charge in [-0.2, -0.15) is 0 Å². The zero-order valence-electron chi connectivity index (χ0n) is 12.2. The van der Waals surface area contributed by atoms with Gasteiger partial charge in [-0.25, -0.2) is 13.6 Å². The Morgan fingerprint density at radius 3 is 2.48 bits per heavy atom. The topological polar surface area (TPSA) is 92.5 Å². The van der Waals surface area contributed by atoms with Crippen LogP contribution < -0.4 is 10.5 Å². The lowest BCUT2D eigenvalue weighted by Gasteiger charge is -2.32. The molecule has 1 aromatic carbocycles. The van der Waals surface area contributed by atoms with E-state index < -0.39 is 10.0 Å². The molecule has 1 aromatic rings. The molecule has 0 aliphatic carbocycles. The smallest absolute Gasteiger partial charge is 0.238 e. The second kappa shape index (κ2) is 6.13. The number of likely N-dealkylation sites (N-methyl/N-ethyl adjacent to an activating group) is 1. The van der Waals surface area contributed by atoms with E-state index in [4.69, 9.17) is 5.14 Å². The molecule has 1 heterocycles. The van der Waals surface area contributed by atoms with Crippen LogP contribution in [0, 0.1) is 0 Å². The predicted molar refractivity (Wildman–Crippen MR) is 80.0 cm³/mol. The number of likely N-dealkylation sites (tertiary alicyclic amines) is 1. The molecule has 1 aliphatic heterocycles. The molecule has 0 radical (unpaired) electrons. The van der Waals surface area contributed by atoms with Crippen LogP contribution in [-0.4, -0.2) is 38.9 Å². The highest BCUT2D eigenvalue weighted by Gasteiger charge is 2.24. The van der Waals surface area contributed by atoms with E-state index in [1.807, 2.05) is 14.0 Å². The van der Waals surface area contributed by atoms with Crippen LogP contribution in [0.4, 0.5) is 0 Å². The van der Waals surface area contributed by atoms with Gasteiger partial charge in [-0.05, 0) is 31.0 Å². The van der Waals surface area contributed by atoms with Crippen molar-refractivity contribution in [1.29, 1.82) is 0 Å². The van der Waals surface area contributed by atoms with Crippen molar-refractivity contribution in [2.75, 3.05) is 13.6 Å². The number of benzene rings is 1. The van der Waals surface area contributed by atoms with Gasteiger partial charge in [0.15, 0.2) is 0 Å². The first kappa shape index (κ1) is 15.9. The summed E-state index contributed by atoms with van der Waals surface area (Å²) in [7, 11) is -1.84. The number of hydrogen-bond donors (Lipinski definition) is 2. The molecule has 1 fully saturated rings. The molecule has 6 nitrogen and oxygen atoms in total. The molecule has 116 valence electrons. The molecule has 21 heavy (non-hydrogen) atoms. The first-order valence-electron chi connectivity index (χ1n) is 6.90. The number of nitrogens with one attached hydrogen (secondary N) is 1. The lowest BCUT2D eigenvalue weighted by Crippen LogP contribution is -2.47. The van der Waals surface area contributed by atoms with Crippen molar-refractivity contribution in [3.63, 3.8) is 0 Å². The van der Waals surface area contributed by atoms with Crippen molar-refractivity contribution in [3.8, 4) is 0 Å². The number of primary sulfonamides is 1. The SMILES string of the molecule is CC(NC1CCC(=O)N(C)C1)c1ccc(S(N)(=O)=O)cc1. The van der Waals surface area contributed by atoms with E-state index in [2.05, 4.69) is 5.32 Å². The van der Waals surface area contributed by atoms with Gasteiger partial charge >= 0.3 is 0 Å². The molecule has 0 spiro atoms. The molecule has 2 rings (SSSR count). The predicted octanol–water partition coefficient (Wildman–Crippen LogP) is 0.605. The Morgan fingerprint density at radius 2 is 1.95 bits per heavy atom. The zero-order chi connectivity index (χ0) is 15.6. The molecule has 1 aliphatic rings. The van der Waals surface area contributed by atoms with E-state index in [-0.39, 0.29) is 22.9 Å². The average Bonchev–Trinajstić information content (AvgIpc) is 2.42. The number of amides is 1. The van der Waals surface area contributed by atoms with Gasteiger partial charge in [0.05, 0.1) is 4.90 Å². The lowest BCUT2D eigenvalue weighted by molar-refractivity contribution is -0.132. The van der Waals surface area contributed by atoms with Crippen LogP contribution in [0.3, 0.4) is 0 Å². The molecule has 0 aromatic heterocycles. The van der Waals surface area contributed by atoms with Gasteiger partial charge in [-0.3, -0.25) is 4.79 Å². The summed E-state index contributed by atoms with van der Waals surface area (Å²) in [5.41, 5.74) is 0.988. The van der Waals surface area contributed by atoms with Crippen LogP contribution >= 0.6 is 0 Å². The van der Waals surface area contributed by atoms with Crippen LogP contribution in [0.2, 0.25) is 0 Å². The maximum Gasteiger partial charge on any atom is 0.238 e. The normalized spacial score (nSPS) is 21.4. The molecule has 3 N–H and O–H groups in total. The molecule has 2 atom stereocenters. The summed E-state index contributed by atoms with van der Waals surface area (Å²) in [6, 6.07) is 6.87. The molecule has 0 bridgehead atoms. The minimum absolute atomic E-state index is 0.0751. The third-order valence-electron chi connectivity index (χ3n) is 3.82. The standard InChI is InChI=1S/C14H21N3O3S/c1-10(16-12-5-8-14(18)17(2)9-12)11-3-6-13(7-4-11)21(15,19)20/h3-4,6-7,10,12,16H,5,8-9H2,1-2H3,(H2,15,19,20). The van der Waals surface area contributed by atoms with E-state index in [9.17, 15) is 13.2 Å². The first-order valence-corrected chi connectivity index (χ1v) is 8.45. The Hall–Kier alpha value is -1.44. The van der Waals surface area contributed by atoms with Crippen molar-refractivity contribution in [2.24, 2.45) is 5.14 Å². The fourth-order valence-corrected chi connectivity index (χ4v) is 3.06. The summed E-state index contributed by atoms with van der Waals surface area (Å²) in [4.78, 5) is 13.3. The van der Waals surface area contributed by atoms with Crippen LogP contribution in [-0.2, 0) is 14.8 Å². The van der Waals surface area contributed by atoms with Crippen LogP contribution in [0.25, 0.3) is 0 Å². The number of nitrogens with zero attached hydrogens (tertiary/aromatic N) is 1. The highest BCUT2D eigenvalue weighted by Crippen LogP contribution is 2.18. The number of rotatable bonds is 4. The Morgan fingerprint density at radius 1 is 1.33 bits per heavy atom. The number of nitrogens with two attached hydrogens (primary N) is 1. The second-order valence-corrected chi connectivity index (χ2v) is 7.07. The highest BCUT2D eigenvalue weighted by atomic mass is 32.2. The summed E-state index contributed by atoms with van der Waals surface area (Å²) < 4.78 is 22.4. The van der Waals surface area contributed by atoms with Gasteiger partial charge in [-0.1, -0.05) is 12.1 Å². The third-order valence-corrected chi connectivity index (χ3v) is 4.75. The number of carbonyl (C=O) groups is 1. The highest BCUT2D eigenvalue weighted by molar-refractivity contribution is 7.89. The summed E-state index contributed by atoms with van der Waals surface area (Å²) in [5.74, 6) is 0.179. The summed E-state index contributed by atoms with van der Waals surface area (Å²) in [5, 5.41) is 8.55. The van der Waals surface area contributed by atoms with Crippen molar-refractivity contribution >= 4 is 15.9 Å². The second-order valence-electron chi connectivity index (χ2n) is 5.51. The minimum atomic E-state index is -3.65. The molecule has 7 heteroatoms. The average molecular weight is 311 g/mol. The largest absolute Gasteiger partial charge is 0.344 e. The molecule has 1 saturated heterocycles. The van der Waals surface area contributed by atoms with Gasteiger partial charge < -0.3 is 10.2 Å². The molecule has 2 unspecified atom stereocenters. The van der Waals surface area contributed by atoms with E-state index in [1.165, 1.54) is 12.1 Å². The van der Waals surface area contributed by atoms with E-state index in [0.717, 1.165) is 12.0 Å². The van der Waals surface area contributed by atoms with Crippen molar-refractivity contribution in [2.45, 2.75) is 36.7 Å². The lowest BCUT2D eigenvalue weighted by atomic mass is 10.0. The van der Waals surface area contributed by atoms with Crippen LogP contribution in [0.15, 0.2) is 29.2 Å². The Balaban J connectivity index is 2.00. The molecular formula is C14H21N3O3S. The van der Waals surface area contributed by atoms with E-state index in [0.29, 0.717) is 13.0 Å². The van der Waals surface area contributed by atoms with Gasteiger partial charge in [-0.15, -0.1) is 0 Å². The zero-order valence-corrected chi connectivity index (χ0v) is 13.1. The third kappa shape index (κ3) is 4.03. The van der Waals surface area contributed by atoms with Gasteiger partial charge in [0.2, 0.25) is 15.9 Å². The molecular weight excluding hydrogens is 290 g/mol. The van der Waals surface area contributed by atoms with Crippen molar-refractivity contribution < 1.29 is 13.2 Å². The number of carbonyl (C=O) groups excluding carboxylic acids is 1. The Kier molecular flexibility index (Phi) is 4.65. The van der Waals surface area contributed by atoms with Crippen LogP contribution in [0.5, 0.6) is 0 Å². The summed E-state index contributed by atoms with van der Waals surface area (Å²) in [6.45, 7) is 2.71. The van der Waals surface area contributed by atoms with Gasteiger partial charge in [0.25, 0.3) is 0 Å². The molecule has 1 amide bonds. The summed E-state index contributed by atoms with van der Waals surface area (Å²) >= 11 is 0. The summed E-state index contributed by atoms with van der Waals surface area (Å²) in [6.07, 6.45) is 1.38. The van der Waals surface area contributed by atoms with Gasteiger partial charge in [0.1, 0.15) is 0 Å². The monoisotopic (exact) mass is 311 g/mol. The van der Waals surface area contributed by atoms with Crippen LogP contribution in [0.1, 0.15) is 31.4 Å². The number of hydrogen-bond acceptors (Lipinski definition) is 4. The number of sulfonamides is 1. The van der Waals surface area contributed by atoms with Crippen molar-refractivity contribution in [1.82, 2.24) is 10.2 Å². The van der Waals surface area contributed by atoms with Crippen molar-refractivity contribution in [3.05, 3.63) is 29.8 Å². The van der Waals surface area contributed by atoms with E-state index in [1.54, 1.807) is 17.0 Å². The van der Waals surface area contributed by atoms with Gasteiger partial charge in [0, 0.05) is 32.1 Å². The Bertz CT molecular complexity index is 613. The fourth-order valence-electron chi connectivity index (χ4n) is 2.54. The number of piperidine rings is 1. The fraction of sp³-hybridized carbons (Fsp3) is 0.500. The Labute approximate surface area is 125 Å².